The zero-order valence-electron chi connectivity index (χ0n) is 15.6. The fourth-order valence-corrected chi connectivity index (χ4v) is 4.85. The summed E-state index contributed by atoms with van der Waals surface area (Å²) < 4.78 is 26.8. The van der Waals surface area contributed by atoms with Crippen molar-refractivity contribution in [2.75, 3.05) is 19.3 Å². The number of hydrogen-bond donors (Lipinski definition) is 1. The summed E-state index contributed by atoms with van der Waals surface area (Å²) in [6.07, 6.45) is 1.24. The average Bonchev–Trinajstić information content (AvgIpc) is 3.08. The molecule has 0 saturated carbocycles. The molecule has 1 N–H and O–H groups in total. The highest BCUT2D eigenvalue weighted by Gasteiger charge is 2.34. The lowest BCUT2D eigenvalue weighted by molar-refractivity contribution is 0.0948. The van der Waals surface area contributed by atoms with Crippen LogP contribution >= 0.6 is 0 Å². The minimum Gasteiger partial charge on any atom is -0.350 e. The summed E-state index contributed by atoms with van der Waals surface area (Å²) in [6, 6.07) is 1.60. The van der Waals surface area contributed by atoms with Gasteiger partial charge in [-0.1, -0.05) is 6.92 Å². The largest absolute Gasteiger partial charge is 0.350 e. The predicted molar refractivity (Wildman–Crippen MR) is 99.6 cm³/mol. The van der Waals surface area contributed by atoms with Crippen molar-refractivity contribution in [3.05, 3.63) is 23.0 Å². The first-order chi connectivity index (χ1) is 12.3. The zero-order valence-corrected chi connectivity index (χ0v) is 16.4. The second-order valence-corrected chi connectivity index (χ2v) is 8.75. The van der Waals surface area contributed by atoms with E-state index in [9.17, 15) is 13.2 Å². The van der Waals surface area contributed by atoms with Crippen LogP contribution in [0, 0.1) is 6.92 Å². The summed E-state index contributed by atoms with van der Waals surface area (Å²) in [5.74, 6) is -0.0881. The normalized spacial score (nSPS) is 19.9. The highest BCUT2D eigenvalue weighted by Crippen LogP contribution is 2.23. The number of amides is 1. The third kappa shape index (κ3) is 3.21. The molecule has 3 rings (SSSR count). The minimum absolute atomic E-state index is 0.131. The van der Waals surface area contributed by atoms with E-state index >= 15 is 0 Å². The smallest absolute Gasteiger partial charge is 0.252 e. The highest BCUT2D eigenvalue weighted by atomic mass is 32.2. The third-order valence-electron chi connectivity index (χ3n) is 5.00. The Kier molecular flexibility index (Phi) is 5.03. The summed E-state index contributed by atoms with van der Waals surface area (Å²) in [5, 5.41) is 8.14. The van der Waals surface area contributed by atoms with Crippen molar-refractivity contribution in [3.8, 4) is 0 Å². The molecule has 142 valence electrons. The predicted octanol–water partition coefficient (Wildman–Crippen LogP) is 1.09. The van der Waals surface area contributed by atoms with E-state index in [-0.39, 0.29) is 17.7 Å². The number of hydrogen-bond acceptors (Lipinski definition) is 5. The van der Waals surface area contributed by atoms with Crippen LogP contribution in [0.25, 0.3) is 11.0 Å². The van der Waals surface area contributed by atoms with Crippen LogP contribution < -0.4 is 5.32 Å². The number of aromatic nitrogens is 3. The van der Waals surface area contributed by atoms with Crippen molar-refractivity contribution in [1.29, 1.82) is 0 Å². The quantitative estimate of drug-likeness (QED) is 0.839. The van der Waals surface area contributed by atoms with Crippen LogP contribution in [0.4, 0.5) is 0 Å². The summed E-state index contributed by atoms with van der Waals surface area (Å²) in [5.41, 5.74) is 2.86. The second-order valence-electron chi connectivity index (χ2n) is 6.60. The maximum absolute atomic E-state index is 12.9. The Bertz CT molecular complexity index is 951. The number of likely N-dealkylation sites (N-methyl/N-ethyl adjacent to an activating group) is 1. The maximum Gasteiger partial charge on any atom is 0.252 e. The van der Waals surface area contributed by atoms with Gasteiger partial charge in [0.05, 0.1) is 22.4 Å². The monoisotopic (exact) mass is 379 g/mol. The van der Waals surface area contributed by atoms with Crippen LogP contribution in [0.2, 0.25) is 0 Å². The van der Waals surface area contributed by atoms with Crippen molar-refractivity contribution in [2.24, 2.45) is 0 Å². The molecule has 3 heterocycles. The molecule has 2 aromatic rings. The fraction of sp³-hybridized carbons (Fsp3) is 0.588. The maximum atomic E-state index is 12.9. The molecule has 8 nitrogen and oxygen atoms in total. The topological polar surface area (TPSA) is 97.2 Å². The number of carbonyl (C=O) groups excluding carboxylic acids is 1. The molecule has 0 bridgehead atoms. The van der Waals surface area contributed by atoms with Gasteiger partial charge in [-0.25, -0.2) is 22.4 Å². The van der Waals surface area contributed by atoms with Crippen LogP contribution in [-0.2, 0) is 23.0 Å². The van der Waals surface area contributed by atoms with E-state index in [1.165, 1.54) is 4.31 Å². The molecular formula is C17H25N5O3S. The lowest BCUT2D eigenvalue weighted by Crippen LogP contribution is -2.39. The van der Waals surface area contributed by atoms with E-state index in [0.717, 1.165) is 22.4 Å². The Labute approximate surface area is 153 Å². The lowest BCUT2D eigenvalue weighted by Gasteiger charge is -2.18. The number of sulfonamides is 1. The number of aryl methyl sites for hydroxylation is 3. The van der Waals surface area contributed by atoms with Gasteiger partial charge >= 0.3 is 0 Å². The average molecular weight is 379 g/mol. The van der Waals surface area contributed by atoms with Gasteiger partial charge in [-0.05, 0) is 32.8 Å². The second kappa shape index (κ2) is 6.96. The number of fused-ring (bicyclic) bond motifs is 1. The van der Waals surface area contributed by atoms with Gasteiger partial charge < -0.3 is 5.32 Å². The number of carbonyl (C=O) groups is 1. The molecule has 2 aromatic heterocycles. The van der Waals surface area contributed by atoms with E-state index < -0.39 is 10.0 Å². The molecule has 1 aliphatic heterocycles. The molecule has 1 unspecified atom stereocenters. The molecule has 1 atom stereocenters. The van der Waals surface area contributed by atoms with Gasteiger partial charge in [-0.15, -0.1) is 0 Å². The van der Waals surface area contributed by atoms with Crippen molar-refractivity contribution in [2.45, 2.75) is 46.2 Å². The van der Waals surface area contributed by atoms with E-state index in [1.54, 1.807) is 17.8 Å². The zero-order chi connectivity index (χ0) is 19.1. The van der Waals surface area contributed by atoms with Gasteiger partial charge in [0.1, 0.15) is 0 Å². The van der Waals surface area contributed by atoms with Crippen LogP contribution in [0.5, 0.6) is 0 Å². The minimum atomic E-state index is -3.18. The molecule has 9 heteroatoms. The Morgan fingerprint density at radius 1 is 1.38 bits per heavy atom. The van der Waals surface area contributed by atoms with Crippen LogP contribution in [0.1, 0.15) is 42.0 Å². The first-order valence-electron chi connectivity index (χ1n) is 8.89. The molecule has 1 fully saturated rings. The molecular weight excluding hydrogens is 354 g/mol. The third-order valence-corrected chi connectivity index (χ3v) is 6.92. The van der Waals surface area contributed by atoms with Crippen LogP contribution in [0.3, 0.4) is 0 Å². The van der Waals surface area contributed by atoms with Crippen molar-refractivity contribution < 1.29 is 13.2 Å². The number of nitrogens with zero attached hydrogens (tertiary/aromatic N) is 4. The summed E-state index contributed by atoms with van der Waals surface area (Å²) in [6.45, 7) is 6.82. The first kappa shape index (κ1) is 18.8. The van der Waals surface area contributed by atoms with Gasteiger partial charge in [0, 0.05) is 31.9 Å². The molecule has 26 heavy (non-hydrogen) atoms. The van der Waals surface area contributed by atoms with Crippen molar-refractivity contribution in [1.82, 2.24) is 24.4 Å². The van der Waals surface area contributed by atoms with Crippen molar-refractivity contribution >= 4 is 27.0 Å². The molecule has 0 radical (unpaired) electrons. The summed E-state index contributed by atoms with van der Waals surface area (Å²) >= 11 is 0. The Hall–Kier alpha value is -2.00. The summed E-state index contributed by atoms with van der Waals surface area (Å²) in [4.78, 5) is 17.5. The van der Waals surface area contributed by atoms with Gasteiger partial charge in [0.25, 0.3) is 5.91 Å². The number of nitrogens with one attached hydrogen (secondary N) is 1. The van der Waals surface area contributed by atoms with Crippen LogP contribution in [0.15, 0.2) is 6.07 Å². The van der Waals surface area contributed by atoms with Gasteiger partial charge in [0.15, 0.2) is 5.65 Å². The number of pyridine rings is 1. The Balaban J connectivity index is 1.89. The standard InChI is InChI=1S/C17H25N5O3S/c1-5-12-9-14(15-11(3)20-22(6-2)16(15)19-12)17(23)18-10-13-7-8-26(24,25)21(13)4/h9,13H,5-8,10H2,1-4H3,(H,18,23). The van der Waals surface area contributed by atoms with E-state index in [1.807, 2.05) is 20.8 Å². The van der Waals surface area contributed by atoms with Crippen molar-refractivity contribution in [3.63, 3.8) is 0 Å². The molecule has 0 aromatic carbocycles. The van der Waals surface area contributed by atoms with Gasteiger partial charge in [-0.2, -0.15) is 5.10 Å². The van der Waals surface area contributed by atoms with Gasteiger partial charge in [0.2, 0.25) is 10.0 Å². The summed E-state index contributed by atoms with van der Waals surface area (Å²) in [7, 11) is -1.62. The SMILES string of the molecule is CCc1cc(C(=O)NCC2CCS(=O)(=O)N2C)c2c(C)nn(CC)c2n1. The van der Waals surface area contributed by atoms with Crippen LogP contribution in [-0.4, -0.2) is 58.8 Å². The molecule has 1 saturated heterocycles. The lowest BCUT2D eigenvalue weighted by atomic mass is 10.1. The molecule has 1 aliphatic rings. The molecule has 0 spiro atoms. The number of rotatable bonds is 5. The highest BCUT2D eigenvalue weighted by molar-refractivity contribution is 7.89. The Morgan fingerprint density at radius 3 is 2.69 bits per heavy atom. The fourth-order valence-electron chi connectivity index (χ4n) is 3.36. The Morgan fingerprint density at radius 2 is 2.12 bits per heavy atom. The van der Waals surface area contributed by atoms with Gasteiger partial charge in [-0.3, -0.25) is 4.79 Å². The molecule has 0 aliphatic carbocycles. The first-order valence-corrected chi connectivity index (χ1v) is 10.5. The van der Waals surface area contributed by atoms with E-state index in [2.05, 4.69) is 15.4 Å². The van der Waals surface area contributed by atoms with E-state index in [4.69, 9.17) is 0 Å². The van der Waals surface area contributed by atoms with E-state index in [0.29, 0.717) is 31.5 Å². The molecule has 1 amide bonds.